The van der Waals surface area contributed by atoms with Gasteiger partial charge in [0, 0.05) is 22.3 Å². The highest BCUT2D eigenvalue weighted by atomic mass is 32.2. The van der Waals surface area contributed by atoms with Crippen molar-refractivity contribution in [2.24, 2.45) is 5.73 Å². The lowest BCUT2D eigenvalue weighted by Crippen LogP contribution is -2.71. The van der Waals surface area contributed by atoms with Crippen LogP contribution in [0.15, 0.2) is 30.3 Å². The normalized spacial score (nSPS) is 35.2. The van der Waals surface area contributed by atoms with E-state index in [0.717, 1.165) is 0 Å². The number of hydrogen-bond donors (Lipinski definition) is 3. The Kier molecular flexibility index (Phi) is 4.96. The number of nitrogens with two attached hydrogens (primary N) is 1. The number of rotatable bonds is 4. The van der Waals surface area contributed by atoms with Gasteiger partial charge in [-0.3, -0.25) is 13.8 Å². The largest absolute Gasteiger partial charge is 0.480 e. The van der Waals surface area contributed by atoms with E-state index >= 15 is 0 Å². The van der Waals surface area contributed by atoms with Crippen LogP contribution in [0.25, 0.3) is 0 Å². The Labute approximate surface area is 168 Å². The van der Waals surface area contributed by atoms with Crippen molar-refractivity contribution in [1.29, 1.82) is 0 Å². The van der Waals surface area contributed by atoms with Gasteiger partial charge in [-0.2, -0.15) is 0 Å². The van der Waals surface area contributed by atoms with Gasteiger partial charge in [0.15, 0.2) is 0 Å². The Hall–Kier alpha value is -1.91. The summed E-state index contributed by atoms with van der Waals surface area (Å²) in [6.45, 7) is 0. The van der Waals surface area contributed by atoms with Gasteiger partial charge in [-0.15, -0.1) is 11.8 Å². The molecule has 3 unspecified atom stereocenters. The highest BCUT2D eigenvalue weighted by Crippen LogP contribution is 2.55. The monoisotopic (exact) mass is 423 g/mol. The summed E-state index contributed by atoms with van der Waals surface area (Å²) in [6, 6.07) is 6.20. The third-order valence-electron chi connectivity index (χ3n) is 5.69. The van der Waals surface area contributed by atoms with Gasteiger partial charge < -0.3 is 21.1 Å². The molecule has 1 aromatic rings. The second kappa shape index (κ2) is 7.16. The van der Waals surface area contributed by atoms with Crippen LogP contribution in [0.5, 0.6) is 0 Å². The molecule has 3 fully saturated rings. The Morgan fingerprint density at radius 1 is 1.29 bits per heavy atom. The van der Waals surface area contributed by atoms with Crippen molar-refractivity contribution in [2.45, 2.75) is 41.1 Å². The molecule has 0 radical (unpaired) electrons. The Bertz CT molecular complexity index is 839. The first-order chi connectivity index (χ1) is 13.3. The molecule has 0 aromatic heterocycles. The van der Waals surface area contributed by atoms with E-state index in [-0.39, 0.29) is 0 Å². The smallest absolute Gasteiger partial charge is 0.327 e. The molecule has 3 saturated heterocycles. The molecule has 3 aliphatic rings. The molecule has 150 valence electrons. The fourth-order valence-corrected chi connectivity index (χ4v) is 7.74. The first-order valence-corrected chi connectivity index (χ1v) is 11.4. The van der Waals surface area contributed by atoms with E-state index in [1.54, 1.807) is 24.3 Å². The maximum Gasteiger partial charge on any atom is 0.327 e. The van der Waals surface area contributed by atoms with Crippen LogP contribution in [0, 0.1) is 0 Å². The number of hydrogen-bond acceptors (Lipinski definition) is 6. The average molecular weight is 424 g/mol. The second-order valence-corrected chi connectivity index (χ2v) is 10.5. The molecule has 0 aliphatic carbocycles. The van der Waals surface area contributed by atoms with Crippen molar-refractivity contribution in [3.05, 3.63) is 35.9 Å². The molecule has 4 atom stereocenters. The predicted octanol–water partition coefficient (Wildman–Crippen LogP) is -0.179. The van der Waals surface area contributed by atoms with E-state index in [1.807, 2.05) is 6.07 Å². The van der Waals surface area contributed by atoms with E-state index in [4.69, 9.17) is 5.73 Å². The maximum atomic E-state index is 12.7. The number of carboxylic acids is 1. The molecule has 4 N–H and O–H groups in total. The molecule has 10 heteroatoms. The summed E-state index contributed by atoms with van der Waals surface area (Å²) in [5.74, 6) is -1.06. The second-order valence-electron chi connectivity index (χ2n) is 7.28. The summed E-state index contributed by atoms with van der Waals surface area (Å²) in [4.78, 5) is 38.5. The first-order valence-electron chi connectivity index (χ1n) is 9.03. The molecule has 4 rings (SSSR count). The molecule has 28 heavy (non-hydrogen) atoms. The van der Waals surface area contributed by atoms with Crippen molar-refractivity contribution in [3.8, 4) is 0 Å². The highest BCUT2D eigenvalue weighted by molar-refractivity contribution is 8.02. The van der Waals surface area contributed by atoms with Crippen molar-refractivity contribution in [3.63, 3.8) is 0 Å². The molecule has 0 saturated carbocycles. The Balaban J connectivity index is 1.50. The SMILES string of the molecule is NC(C(=O)NC1C(=O)N2C(C(=O)O)C3(CCS(=O)CC3)S[C@@H]12)c1ccccc1. The van der Waals surface area contributed by atoms with E-state index in [2.05, 4.69) is 5.32 Å². The minimum atomic E-state index is -1.05. The number of aliphatic carboxylic acids is 1. The number of fused-ring (bicyclic) bond motifs is 1. The number of thioether (sulfide) groups is 1. The third-order valence-corrected chi connectivity index (χ3v) is 8.85. The van der Waals surface area contributed by atoms with E-state index in [0.29, 0.717) is 29.9 Å². The lowest BCUT2D eigenvalue weighted by Gasteiger charge is -2.44. The van der Waals surface area contributed by atoms with Crippen LogP contribution >= 0.6 is 11.8 Å². The van der Waals surface area contributed by atoms with Crippen LogP contribution < -0.4 is 11.1 Å². The number of β-lactam (4-membered cyclic amide) rings is 1. The van der Waals surface area contributed by atoms with Gasteiger partial charge in [-0.1, -0.05) is 30.3 Å². The molecule has 1 spiro atoms. The van der Waals surface area contributed by atoms with Crippen LogP contribution in [0.1, 0.15) is 24.4 Å². The number of nitrogens with one attached hydrogen (secondary N) is 1. The zero-order valence-electron chi connectivity index (χ0n) is 14.9. The minimum absolute atomic E-state index is 0.401. The third kappa shape index (κ3) is 3.03. The molecule has 0 bridgehead atoms. The molecule has 1 aromatic carbocycles. The molecule has 2 amide bonds. The summed E-state index contributed by atoms with van der Waals surface area (Å²) in [5, 5.41) is 12.0. The summed E-state index contributed by atoms with van der Waals surface area (Å²) >= 11 is 1.42. The van der Waals surface area contributed by atoms with Crippen molar-refractivity contribution in [1.82, 2.24) is 10.2 Å². The average Bonchev–Trinajstić information content (AvgIpc) is 2.99. The number of benzene rings is 1. The van der Waals surface area contributed by atoms with Crippen LogP contribution in [-0.2, 0) is 25.2 Å². The van der Waals surface area contributed by atoms with Crippen LogP contribution in [0.4, 0.5) is 0 Å². The Morgan fingerprint density at radius 2 is 1.93 bits per heavy atom. The van der Waals surface area contributed by atoms with Gasteiger partial charge in [0.25, 0.3) is 0 Å². The summed E-state index contributed by atoms with van der Waals surface area (Å²) in [5.41, 5.74) is 6.64. The number of carbonyl (C=O) groups excluding carboxylic acids is 2. The predicted molar refractivity (Wildman–Crippen MR) is 105 cm³/mol. The molecular weight excluding hydrogens is 402 g/mol. The van der Waals surface area contributed by atoms with Crippen LogP contribution in [-0.4, -0.2) is 65.7 Å². The lowest BCUT2D eigenvalue weighted by atomic mass is 9.88. The molecular formula is C18H21N3O5S2. The fourth-order valence-electron chi connectivity index (χ4n) is 4.17. The van der Waals surface area contributed by atoms with Gasteiger partial charge in [-0.05, 0) is 18.4 Å². The van der Waals surface area contributed by atoms with Crippen LogP contribution in [0.2, 0.25) is 0 Å². The minimum Gasteiger partial charge on any atom is -0.480 e. The summed E-state index contributed by atoms with van der Waals surface area (Å²) in [6.07, 6.45) is 0.956. The number of nitrogens with zero attached hydrogens (tertiary/aromatic N) is 1. The van der Waals surface area contributed by atoms with Gasteiger partial charge in [0.1, 0.15) is 23.5 Å². The molecule has 3 aliphatic heterocycles. The van der Waals surface area contributed by atoms with E-state index in [9.17, 15) is 23.7 Å². The lowest BCUT2D eigenvalue weighted by molar-refractivity contribution is -0.161. The van der Waals surface area contributed by atoms with Crippen molar-refractivity contribution < 1.29 is 23.7 Å². The number of amides is 2. The molecule has 3 heterocycles. The number of carboxylic acid groups (broad SMARTS) is 1. The van der Waals surface area contributed by atoms with Gasteiger partial charge in [0.05, 0.1) is 4.75 Å². The summed E-state index contributed by atoms with van der Waals surface area (Å²) < 4.78 is 11.1. The summed E-state index contributed by atoms with van der Waals surface area (Å²) in [7, 11) is -0.942. The quantitative estimate of drug-likeness (QED) is 0.573. The number of carbonyl (C=O) groups is 3. The van der Waals surface area contributed by atoms with Gasteiger partial charge >= 0.3 is 5.97 Å². The Morgan fingerprint density at radius 3 is 2.54 bits per heavy atom. The van der Waals surface area contributed by atoms with Crippen molar-refractivity contribution >= 4 is 40.3 Å². The highest BCUT2D eigenvalue weighted by Gasteiger charge is 2.67. The topological polar surface area (TPSA) is 130 Å². The fraction of sp³-hybridized carbons (Fsp3) is 0.500. The van der Waals surface area contributed by atoms with Gasteiger partial charge in [-0.25, -0.2) is 4.79 Å². The molecule has 8 nitrogen and oxygen atoms in total. The zero-order chi connectivity index (χ0) is 20.1. The first kappa shape index (κ1) is 19.4. The van der Waals surface area contributed by atoms with E-state index < -0.39 is 56.8 Å². The van der Waals surface area contributed by atoms with Crippen molar-refractivity contribution in [2.75, 3.05) is 11.5 Å². The standard InChI is InChI=1S/C18H21N3O5S2/c19-11(10-4-2-1-3-5-10)14(22)20-12-15(23)21-13(17(24)25)18(27-16(12)21)6-8-28(26)9-7-18/h1-5,11-13,16H,6-9,19H2,(H,20,22)(H,24,25)/t11?,12?,13?,16-,18?,28?/m0/s1. The van der Waals surface area contributed by atoms with Gasteiger partial charge in [0.2, 0.25) is 11.8 Å². The van der Waals surface area contributed by atoms with E-state index in [1.165, 1.54) is 16.7 Å². The zero-order valence-corrected chi connectivity index (χ0v) is 16.6. The van der Waals surface area contributed by atoms with Crippen LogP contribution in [0.3, 0.4) is 0 Å². The maximum absolute atomic E-state index is 12.7.